The van der Waals surface area contributed by atoms with E-state index in [4.69, 9.17) is 11.6 Å². The first-order chi connectivity index (χ1) is 7.07. The Labute approximate surface area is 93.7 Å². The first-order valence-electron chi connectivity index (χ1n) is 4.68. The Bertz CT molecular complexity index is 457. The number of nitrogens with zero attached hydrogens (tertiary/aromatic N) is 1. The van der Waals surface area contributed by atoms with Crippen LogP contribution in [0.4, 0.5) is 5.69 Å². The van der Waals surface area contributed by atoms with Crippen LogP contribution in [0.25, 0.3) is 0 Å². The lowest BCUT2D eigenvalue weighted by molar-refractivity contribution is 0.597. The largest absolute Gasteiger partial charge is 0.280 e. The molecule has 0 unspecified atom stereocenters. The third-order valence-electron chi connectivity index (χ3n) is 2.18. The summed E-state index contributed by atoms with van der Waals surface area (Å²) in [6.45, 7) is 0. The number of anilines is 1. The van der Waals surface area contributed by atoms with E-state index in [1.165, 1.54) is 6.20 Å². The van der Waals surface area contributed by atoms with E-state index in [1.54, 1.807) is 12.1 Å². The highest BCUT2D eigenvalue weighted by atomic mass is 35.5. The van der Waals surface area contributed by atoms with Crippen molar-refractivity contribution >= 4 is 27.3 Å². The Balaban J connectivity index is 2.10. The molecule has 1 fully saturated rings. The first kappa shape index (κ1) is 10.7. The van der Waals surface area contributed by atoms with Crippen LogP contribution in [0.15, 0.2) is 18.3 Å². The Morgan fingerprint density at radius 1 is 1.53 bits per heavy atom. The molecule has 6 heteroatoms. The SMILES string of the molecule is O=S(=O)(CC1CC1)Nc1cccnc1Cl. The van der Waals surface area contributed by atoms with Gasteiger partial charge in [-0.15, -0.1) is 0 Å². The van der Waals surface area contributed by atoms with E-state index in [9.17, 15) is 8.42 Å². The molecule has 15 heavy (non-hydrogen) atoms. The van der Waals surface area contributed by atoms with Gasteiger partial charge in [0.05, 0.1) is 11.4 Å². The third kappa shape index (κ3) is 3.07. The van der Waals surface area contributed by atoms with Gasteiger partial charge in [0, 0.05) is 6.20 Å². The number of hydrogen-bond donors (Lipinski definition) is 1. The normalized spacial score (nSPS) is 16.3. The van der Waals surface area contributed by atoms with Gasteiger partial charge in [0.2, 0.25) is 10.0 Å². The minimum atomic E-state index is -3.27. The van der Waals surface area contributed by atoms with E-state index in [1.807, 2.05) is 0 Å². The van der Waals surface area contributed by atoms with Gasteiger partial charge in [0.25, 0.3) is 0 Å². The zero-order valence-corrected chi connectivity index (χ0v) is 9.55. The second-order valence-corrected chi connectivity index (χ2v) is 5.79. The van der Waals surface area contributed by atoms with Crippen LogP contribution in [0.5, 0.6) is 0 Å². The van der Waals surface area contributed by atoms with Crippen LogP contribution in [0.2, 0.25) is 5.15 Å². The number of sulfonamides is 1. The van der Waals surface area contributed by atoms with E-state index in [0.29, 0.717) is 11.6 Å². The van der Waals surface area contributed by atoms with Gasteiger partial charge in [0.1, 0.15) is 0 Å². The molecule has 0 spiro atoms. The average molecular weight is 247 g/mol. The summed E-state index contributed by atoms with van der Waals surface area (Å²) >= 11 is 5.74. The molecule has 1 heterocycles. The van der Waals surface area contributed by atoms with Crippen LogP contribution < -0.4 is 4.72 Å². The summed E-state index contributed by atoms with van der Waals surface area (Å²) in [5, 5.41) is 0.178. The predicted octanol–water partition coefficient (Wildman–Crippen LogP) is 1.89. The molecule has 0 aliphatic heterocycles. The number of nitrogens with one attached hydrogen (secondary N) is 1. The predicted molar refractivity (Wildman–Crippen MR) is 59.4 cm³/mol. The summed E-state index contributed by atoms with van der Waals surface area (Å²) in [6, 6.07) is 3.24. The van der Waals surface area contributed by atoms with Crippen molar-refractivity contribution in [3.8, 4) is 0 Å². The fraction of sp³-hybridized carbons (Fsp3) is 0.444. The minimum Gasteiger partial charge on any atom is -0.280 e. The van der Waals surface area contributed by atoms with Crippen molar-refractivity contribution in [2.75, 3.05) is 10.5 Å². The molecule has 0 bridgehead atoms. The molecule has 0 atom stereocenters. The van der Waals surface area contributed by atoms with Gasteiger partial charge >= 0.3 is 0 Å². The smallest absolute Gasteiger partial charge is 0.233 e. The standard InChI is InChI=1S/C9H11ClN2O2S/c10-9-8(2-1-5-11-9)12-15(13,14)6-7-3-4-7/h1-2,5,7,12H,3-4,6H2. The molecule has 0 amide bonds. The minimum absolute atomic E-state index is 0.178. The summed E-state index contributed by atoms with van der Waals surface area (Å²) < 4.78 is 25.6. The fourth-order valence-electron chi connectivity index (χ4n) is 1.27. The zero-order chi connectivity index (χ0) is 10.9. The lowest BCUT2D eigenvalue weighted by Crippen LogP contribution is -2.18. The number of halogens is 1. The highest BCUT2D eigenvalue weighted by molar-refractivity contribution is 7.92. The molecule has 1 aliphatic carbocycles. The van der Waals surface area contributed by atoms with Crippen molar-refractivity contribution in [3.05, 3.63) is 23.5 Å². The maximum atomic E-state index is 11.6. The number of pyridine rings is 1. The van der Waals surface area contributed by atoms with Crippen molar-refractivity contribution in [2.45, 2.75) is 12.8 Å². The maximum absolute atomic E-state index is 11.6. The topological polar surface area (TPSA) is 59.1 Å². The van der Waals surface area contributed by atoms with Crippen LogP contribution >= 0.6 is 11.6 Å². The van der Waals surface area contributed by atoms with Crippen LogP contribution in [0.3, 0.4) is 0 Å². The molecule has 2 rings (SSSR count). The molecule has 1 aromatic heterocycles. The Morgan fingerprint density at radius 2 is 2.27 bits per heavy atom. The van der Waals surface area contributed by atoms with Crippen molar-refractivity contribution in [2.24, 2.45) is 5.92 Å². The third-order valence-corrected chi connectivity index (χ3v) is 3.92. The molecule has 1 aromatic rings. The molecule has 0 saturated heterocycles. The lowest BCUT2D eigenvalue weighted by atomic mass is 10.4. The highest BCUT2D eigenvalue weighted by Crippen LogP contribution is 2.31. The number of aromatic nitrogens is 1. The first-order valence-corrected chi connectivity index (χ1v) is 6.71. The van der Waals surface area contributed by atoms with Crippen LogP contribution in [-0.2, 0) is 10.0 Å². The molecule has 0 aromatic carbocycles. The van der Waals surface area contributed by atoms with Gasteiger partial charge < -0.3 is 0 Å². The van der Waals surface area contributed by atoms with E-state index in [-0.39, 0.29) is 10.9 Å². The van der Waals surface area contributed by atoms with Crippen molar-refractivity contribution in [3.63, 3.8) is 0 Å². The van der Waals surface area contributed by atoms with E-state index >= 15 is 0 Å². The fourth-order valence-corrected chi connectivity index (χ4v) is 3.03. The van der Waals surface area contributed by atoms with Crippen LogP contribution in [0.1, 0.15) is 12.8 Å². The molecule has 82 valence electrons. The van der Waals surface area contributed by atoms with Crippen molar-refractivity contribution in [1.82, 2.24) is 4.98 Å². The molecule has 1 N–H and O–H groups in total. The number of rotatable bonds is 4. The van der Waals surface area contributed by atoms with Crippen LogP contribution in [0, 0.1) is 5.92 Å². The zero-order valence-electron chi connectivity index (χ0n) is 7.98. The van der Waals surface area contributed by atoms with E-state index in [0.717, 1.165) is 12.8 Å². The van der Waals surface area contributed by atoms with Gasteiger partial charge in [-0.05, 0) is 30.9 Å². The van der Waals surface area contributed by atoms with Gasteiger partial charge in [-0.1, -0.05) is 11.6 Å². The van der Waals surface area contributed by atoms with E-state index < -0.39 is 10.0 Å². The summed E-state index contributed by atoms with van der Waals surface area (Å²) in [4.78, 5) is 3.80. The molecular weight excluding hydrogens is 236 g/mol. The second-order valence-electron chi connectivity index (χ2n) is 3.67. The van der Waals surface area contributed by atoms with Gasteiger partial charge in [-0.2, -0.15) is 0 Å². The number of hydrogen-bond acceptors (Lipinski definition) is 3. The Morgan fingerprint density at radius 3 is 2.87 bits per heavy atom. The van der Waals surface area contributed by atoms with Crippen LogP contribution in [-0.4, -0.2) is 19.2 Å². The van der Waals surface area contributed by atoms with E-state index in [2.05, 4.69) is 9.71 Å². The van der Waals surface area contributed by atoms with Gasteiger partial charge in [-0.3, -0.25) is 4.72 Å². The molecule has 0 radical (unpaired) electrons. The van der Waals surface area contributed by atoms with Crippen molar-refractivity contribution in [1.29, 1.82) is 0 Å². The Hall–Kier alpha value is -0.810. The van der Waals surface area contributed by atoms with Gasteiger partial charge in [0.15, 0.2) is 5.15 Å². The quantitative estimate of drug-likeness (QED) is 0.826. The maximum Gasteiger partial charge on any atom is 0.233 e. The average Bonchev–Trinajstić information content (AvgIpc) is 2.91. The summed E-state index contributed by atoms with van der Waals surface area (Å²) in [7, 11) is -3.27. The second kappa shape index (κ2) is 3.98. The monoisotopic (exact) mass is 246 g/mol. The molecular formula is C9H11ClN2O2S. The highest BCUT2D eigenvalue weighted by Gasteiger charge is 2.28. The summed E-state index contributed by atoms with van der Waals surface area (Å²) in [5.74, 6) is 0.496. The summed E-state index contributed by atoms with van der Waals surface area (Å²) in [6.07, 6.45) is 3.52. The molecule has 4 nitrogen and oxygen atoms in total. The Kier molecular flexibility index (Phi) is 2.84. The lowest BCUT2D eigenvalue weighted by Gasteiger charge is -2.07. The molecule has 1 aliphatic rings. The molecule has 1 saturated carbocycles. The van der Waals surface area contributed by atoms with Crippen molar-refractivity contribution < 1.29 is 8.42 Å². The summed E-state index contributed by atoms with van der Waals surface area (Å²) in [5.41, 5.74) is 0.347. The van der Waals surface area contributed by atoms with Gasteiger partial charge in [-0.25, -0.2) is 13.4 Å².